The first kappa shape index (κ1) is 16.2. The number of rotatable bonds is 4. The number of carbonyl (C=O) groups excluding carboxylic acids is 2. The molecule has 126 valence electrons. The van der Waals surface area contributed by atoms with Crippen LogP contribution in [0.3, 0.4) is 0 Å². The smallest absolute Gasteiger partial charge is 0.260 e. The number of phenols is 1. The van der Waals surface area contributed by atoms with Gasteiger partial charge >= 0.3 is 0 Å². The predicted molar refractivity (Wildman–Crippen MR) is 84.3 cm³/mol. The first-order valence-corrected chi connectivity index (χ1v) is 7.77. The van der Waals surface area contributed by atoms with Crippen LogP contribution >= 0.6 is 0 Å². The van der Waals surface area contributed by atoms with Gasteiger partial charge in [0, 0.05) is 32.3 Å². The van der Waals surface area contributed by atoms with Crippen LogP contribution in [0.2, 0.25) is 0 Å². The highest BCUT2D eigenvalue weighted by Crippen LogP contribution is 2.28. The summed E-state index contributed by atoms with van der Waals surface area (Å²) in [5.41, 5.74) is 0.156. The summed E-state index contributed by atoms with van der Waals surface area (Å²) in [4.78, 5) is 26.4. The number of aromatic nitrogens is 2. The van der Waals surface area contributed by atoms with E-state index in [1.54, 1.807) is 17.9 Å². The molecule has 1 N–H and O–H groups in total. The van der Waals surface area contributed by atoms with Gasteiger partial charge in [-0.1, -0.05) is 6.07 Å². The van der Waals surface area contributed by atoms with E-state index >= 15 is 0 Å². The van der Waals surface area contributed by atoms with Gasteiger partial charge < -0.3 is 10.0 Å². The van der Waals surface area contributed by atoms with Crippen LogP contribution in [0.15, 0.2) is 30.6 Å². The maximum Gasteiger partial charge on any atom is 0.260 e. The van der Waals surface area contributed by atoms with E-state index in [4.69, 9.17) is 0 Å². The molecule has 1 aromatic carbocycles. The first-order valence-electron chi connectivity index (χ1n) is 7.77. The first-order chi connectivity index (χ1) is 11.5. The van der Waals surface area contributed by atoms with Gasteiger partial charge in [0.25, 0.3) is 5.91 Å². The van der Waals surface area contributed by atoms with E-state index in [2.05, 4.69) is 5.10 Å². The van der Waals surface area contributed by atoms with Gasteiger partial charge in [0.2, 0.25) is 0 Å². The summed E-state index contributed by atoms with van der Waals surface area (Å²) >= 11 is 0. The number of hydrogen-bond donors (Lipinski definition) is 1. The Balaban J connectivity index is 1.78. The molecule has 0 aliphatic carbocycles. The molecule has 0 saturated carbocycles. The monoisotopic (exact) mass is 331 g/mol. The topological polar surface area (TPSA) is 75.4 Å². The van der Waals surface area contributed by atoms with Gasteiger partial charge in [0.15, 0.2) is 5.78 Å². The van der Waals surface area contributed by atoms with Gasteiger partial charge in [-0.05, 0) is 25.0 Å². The van der Waals surface area contributed by atoms with Crippen molar-refractivity contribution in [3.63, 3.8) is 0 Å². The number of aromatic hydroxyl groups is 1. The number of benzene rings is 1. The summed E-state index contributed by atoms with van der Waals surface area (Å²) < 4.78 is 15.5. The Morgan fingerprint density at radius 3 is 2.88 bits per heavy atom. The highest BCUT2D eigenvalue weighted by molar-refractivity contribution is 5.99. The van der Waals surface area contributed by atoms with Crippen LogP contribution in [-0.2, 0) is 7.05 Å². The quantitative estimate of drug-likeness (QED) is 0.871. The molecule has 2 aromatic rings. The molecule has 0 spiro atoms. The van der Waals surface area contributed by atoms with Crippen LogP contribution in [0.25, 0.3) is 0 Å². The lowest BCUT2D eigenvalue weighted by atomic mass is 10.0. The minimum atomic E-state index is -0.760. The van der Waals surface area contributed by atoms with E-state index in [0.29, 0.717) is 18.5 Å². The Labute approximate surface area is 138 Å². The fourth-order valence-corrected chi connectivity index (χ4v) is 3.08. The molecular formula is C17H18FN3O3. The van der Waals surface area contributed by atoms with Gasteiger partial charge in [-0.2, -0.15) is 5.10 Å². The van der Waals surface area contributed by atoms with Gasteiger partial charge in [-0.3, -0.25) is 14.3 Å². The second-order valence-corrected chi connectivity index (χ2v) is 5.96. The van der Waals surface area contributed by atoms with Crippen molar-refractivity contribution >= 4 is 11.7 Å². The van der Waals surface area contributed by atoms with Crippen LogP contribution < -0.4 is 0 Å². The molecule has 6 nitrogen and oxygen atoms in total. The number of hydrogen-bond acceptors (Lipinski definition) is 4. The molecular weight excluding hydrogens is 313 g/mol. The van der Waals surface area contributed by atoms with Crippen LogP contribution in [0.4, 0.5) is 4.39 Å². The number of carbonyl (C=O) groups is 2. The maximum absolute atomic E-state index is 13.9. The molecule has 1 aromatic heterocycles. The highest BCUT2D eigenvalue weighted by Gasteiger charge is 2.33. The molecule has 1 saturated heterocycles. The van der Waals surface area contributed by atoms with Crippen molar-refractivity contribution in [2.45, 2.75) is 25.3 Å². The van der Waals surface area contributed by atoms with Gasteiger partial charge in [-0.15, -0.1) is 0 Å². The Bertz CT molecular complexity index is 767. The minimum absolute atomic E-state index is 0.106. The molecule has 3 rings (SSSR count). The summed E-state index contributed by atoms with van der Waals surface area (Å²) in [6.45, 7) is 0.442. The number of halogens is 1. The molecule has 0 radical (unpaired) electrons. The largest absolute Gasteiger partial charge is 0.507 e. The average molecular weight is 331 g/mol. The van der Waals surface area contributed by atoms with Crippen LogP contribution in [0.5, 0.6) is 5.75 Å². The number of phenolic OH excluding ortho intramolecular Hbond substituents is 1. The molecule has 2 heterocycles. The van der Waals surface area contributed by atoms with Crippen molar-refractivity contribution in [2.75, 3.05) is 6.54 Å². The number of nitrogens with zero attached hydrogens (tertiary/aromatic N) is 3. The summed E-state index contributed by atoms with van der Waals surface area (Å²) in [6, 6.07) is 3.46. The lowest BCUT2D eigenvalue weighted by Gasteiger charge is -2.24. The molecule has 1 aliphatic heterocycles. The van der Waals surface area contributed by atoms with E-state index in [-0.39, 0.29) is 29.6 Å². The second-order valence-electron chi connectivity index (χ2n) is 5.96. The molecule has 7 heteroatoms. The molecule has 1 atom stereocenters. The minimum Gasteiger partial charge on any atom is -0.507 e. The zero-order valence-electron chi connectivity index (χ0n) is 13.3. The predicted octanol–water partition coefficient (Wildman–Crippen LogP) is 2.14. The Morgan fingerprint density at radius 1 is 1.42 bits per heavy atom. The van der Waals surface area contributed by atoms with Gasteiger partial charge in [0.1, 0.15) is 17.1 Å². The summed E-state index contributed by atoms with van der Waals surface area (Å²) in [5.74, 6) is -1.83. The van der Waals surface area contributed by atoms with Crippen LogP contribution in [0.1, 0.15) is 40.0 Å². The third-order valence-electron chi connectivity index (χ3n) is 4.29. The molecule has 1 aliphatic rings. The fraction of sp³-hybridized carbons (Fsp3) is 0.353. The molecule has 1 amide bonds. The summed E-state index contributed by atoms with van der Waals surface area (Å²) in [5, 5.41) is 13.8. The number of amides is 1. The van der Waals surface area contributed by atoms with E-state index in [1.807, 2.05) is 0 Å². The third-order valence-corrected chi connectivity index (χ3v) is 4.29. The standard InChI is InChI=1S/C17H18FN3O3/c1-20-10-11(9-19-20)15(23)8-12-4-3-7-21(12)17(24)16-13(18)5-2-6-14(16)22/h2,5-6,9-10,12,22H,3-4,7-8H2,1H3/t12-/m0/s1. The fourth-order valence-electron chi connectivity index (χ4n) is 3.08. The zero-order valence-corrected chi connectivity index (χ0v) is 13.3. The molecule has 1 fully saturated rings. The van der Waals surface area contributed by atoms with E-state index in [1.165, 1.54) is 23.2 Å². The number of ketones is 1. The van der Waals surface area contributed by atoms with E-state index in [9.17, 15) is 19.1 Å². The van der Waals surface area contributed by atoms with E-state index in [0.717, 1.165) is 12.5 Å². The van der Waals surface area contributed by atoms with Crippen LogP contribution in [0, 0.1) is 5.82 Å². The van der Waals surface area contributed by atoms with Crippen molar-refractivity contribution in [1.82, 2.24) is 14.7 Å². The van der Waals surface area contributed by atoms with Gasteiger partial charge in [0.05, 0.1) is 11.8 Å². The number of Topliss-reactive ketones (excluding diaryl/α,β-unsaturated/α-hetero) is 1. The number of likely N-dealkylation sites (tertiary alicyclic amines) is 1. The summed E-state index contributed by atoms with van der Waals surface area (Å²) in [6.07, 6.45) is 4.70. The third kappa shape index (κ3) is 3.02. The Morgan fingerprint density at radius 2 is 2.21 bits per heavy atom. The molecule has 0 bridgehead atoms. The Hall–Kier alpha value is -2.70. The molecule has 24 heavy (non-hydrogen) atoms. The zero-order chi connectivity index (χ0) is 17.3. The lowest BCUT2D eigenvalue weighted by molar-refractivity contribution is 0.0710. The Kier molecular flexibility index (Phi) is 4.33. The average Bonchev–Trinajstić information content (AvgIpc) is 3.16. The lowest BCUT2D eigenvalue weighted by Crippen LogP contribution is -2.37. The maximum atomic E-state index is 13.9. The number of aryl methyl sites for hydroxylation is 1. The normalized spacial score (nSPS) is 17.2. The SMILES string of the molecule is Cn1cc(C(=O)C[C@@H]2CCCN2C(=O)c2c(O)cccc2F)cn1. The highest BCUT2D eigenvalue weighted by atomic mass is 19.1. The van der Waals surface area contributed by atoms with Crippen molar-refractivity contribution in [3.05, 3.63) is 47.5 Å². The van der Waals surface area contributed by atoms with Crippen molar-refractivity contribution in [3.8, 4) is 5.75 Å². The van der Waals surface area contributed by atoms with Crippen molar-refractivity contribution in [1.29, 1.82) is 0 Å². The van der Waals surface area contributed by atoms with Crippen LogP contribution in [-0.4, -0.2) is 44.1 Å². The van der Waals surface area contributed by atoms with E-state index < -0.39 is 11.7 Å². The van der Waals surface area contributed by atoms with Gasteiger partial charge in [-0.25, -0.2) is 4.39 Å². The summed E-state index contributed by atoms with van der Waals surface area (Å²) in [7, 11) is 1.73. The van der Waals surface area contributed by atoms with Crippen molar-refractivity contribution in [2.24, 2.45) is 7.05 Å². The second kappa shape index (κ2) is 6.43. The van der Waals surface area contributed by atoms with Crippen molar-refractivity contribution < 1.29 is 19.1 Å². The molecule has 0 unspecified atom stereocenters.